The van der Waals surface area contributed by atoms with Gasteiger partial charge in [-0.25, -0.2) is 0 Å². The van der Waals surface area contributed by atoms with Gasteiger partial charge in [-0.05, 0) is 47.7 Å². The highest BCUT2D eigenvalue weighted by Gasteiger charge is 2.02. The molecule has 0 saturated heterocycles. The standard InChI is InChI=1S/C9H10INO/c1-2-11-9(12)7-4-3-5-8(10)6-7/h3-6H,2H2,1H3,(H,11,12). The highest BCUT2D eigenvalue weighted by molar-refractivity contribution is 14.1. The number of carbonyl (C=O) groups excluding carboxylic acids is 1. The topological polar surface area (TPSA) is 29.1 Å². The Hall–Kier alpha value is -0.580. The van der Waals surface area contributed by atoms with E-state index in [9.17, 15) is 4.79 Å². The average molecular weight is 275 g/mol. The minimum atomic E-state index is -0.00369. The Balaban J connectivity index is 2.81. The van der Waals surface area contributed by atoms with Crippen molar-refractivity contribution in [2.75, 3.05) is 6.54 Å². The van der Waals surface area contributed by atoms with Gasteiger partial charge in [0.1, 0.15) is 0 Å². The molecule has 1 aromatic carbocycles. The molecule has 0 aliphatic heterocycles. The fourth-order valence-electron chi connectivity index (χ4n) is 0.892. The molecule has 0 fully saturated rings. The lowest BCUT2D eigenvalue weighted by Crippen LogP contribution is -2.22. The summed E-state index contributed by atoms with van der Waals surface area (Å²) in [6, 6.07) is 7.52. The molecule has 2 nitrogen and oxygen atoms in total. The second-order valence-corrected chi connectivity index (χ2v) is 3.62. The van der Waals surface area contributed by atoms with Crippen LogP contribution >= 0.6 is 22.6 Å². The number of benzene rings is 1. The Labute approximate surface area is 85.5 Å². The monoisotopic (exact) mass is 275 g/mol. The fourth-order valence-corrected chi connectivity index (χ4v) is 1.44. The summed E-state index contributed by atoms with van der Waals surface area (Å²) >= 11 is 2.19. The Morgan fingerprint density at radius 1 is 1.58 bits per heavy atom. The third kappa shape index (κ3) is 2.48. The van der Waals surface area contributed by atoms with Crippen LogP contribution in [-0.2, 0) is 0 Å². The van der Waals surface area contributed by atoms with E-state index in [1.165, 1.54) is 0 Å². The SMILES string of the molecule is CCNC(=O)c1cccc(I)c1. The Bertz CT molecular complexity index is 286. The maximum Gasteiger partial charge on any atom is 0.251 e. The molecular formula is C9H10INO. The van der Waals surface area contributed by atoms with Crippen LogP contribution in [0.3, 0.4) is 0 Å². The van der Waals surface area contributed by atoms with Gasteiger partial charge in [0.2, 0.25) is 0 Å². The first kappa shape index (κ1) is 9.51. The summed E-state index contributed by atoms with van der Waals surface area (Å²) in [5, 5.41) is 2.75. The predicted molar refractivity (Wildman–Crippen MR) is 57.2 cm³/mol. The lowest BCUT2D eigenvalue weighted by Gasteiger charge is -2.01. The van der Waals surface area contributed by atoms with E-state index in [1.807, 2.05) is 31.2 Å². The number of amides is 1. The van der Waals surface area contributed by atoms with Gasteiger partial charge in [0.05, 0.1) is 0 Å². The van der Waals surface area contributed by atoms with Crippen molar-refractivity contribution < 1.29 is 4.79 Å². The van der Waals surface area contributed by atoms with Crippen LogP contribution in [-0.4, -0.2) is 12.5 Å². The summed E-state index contributed by atoms with van der Waals surface area (Å²) in [5.41, 5.74) is 0.726. The molecule has 1 N–H and O–H groups in total. The van der Waals surface area contributed by atoms with Crippen LogP contribution in [0.4, 0.5) is 0 Å². The van der Waals surface area contributed by atoms with Gasteiger partial charge >= 0.3 is 0 Å². The largest absolute Gasteiger partial charge is 0.352 e. The van der Waals surface area contributed by atoms with Crippen LogP contribution < -0.4 is 5.32 Å². The van der Waals surface area contributed by atoms with E-state index in [2.05, 4.69) is 27.9 Å². The van der Waals surface area contributed by atoms with Crippen LogP contribution in [0.2, 0.25) is 0 Å². The van der Waals surface area contributed by atoms with E-state index in [0.29, 0.717) is 6.54 Å². The van der Waals surface area contributed by atoms with Crippen molar-refractivity contribution in [3.63, 3.8) is 0 Å². The zero-order valence-corrected chi connectivity index (χ0v) is 8.96. The van der Waals surface area contributed by atoms with E-state index in [4.69, 9.17) is 0 Å². The number of hydrogen-bond donors (Lipinski definition) is 1. The Morgan fingerprint density at radius 3 is 2.92 bits per heavy atom. The molecule has 0 saturated carbocycles. The van der Waals surface area contributed by atoms with Crippen molar-refractivity contribution in [1.82, 2.24) is 5.32 Å². The average Bonchev–Trinajstić information content (AvgIpc) is 2.05. The fraction of sp³-hybridized carbons (Fsp3) is 0.222. The highest BCUT2D eigenvalue weighted by atomic mass is 127. The number of rotatable bonds is 2. The number of halogens is 1. The first-order valence-corrected chi connectivity index (χ1v) is 4.85. The molecule has 1 amide bonds. The van der Waals surface area contributed by atoms with Crippen LogP contribution in [0.25, 0.3) is 0 Å². The minimum absolute atomic E-state index is 0.00369. The molecule has 0 aliphatic carbocycles. The van der Waals surface area contributed by atoms with Gasteiger partial charge in [-0.3, -0.25) is 4.79 Å². The van der Waals surface area contributed by atoms with Crippen molar-refractivity contribution >= 4 is 28.5 Å². The van der Waals surface area contributed by atoms with Crippen molar-refractivity contribution in [2.24, 2.45) is 0 Å². The summed E-state index contributed by atoms with van der Waals surface area (Å²) in [5.74, 6) is -0.00369. The van der Waals surface area contributed by atoms with Crippen LogP contribution in [0.1, 0.15) is 17.3 Å². The Morgan fingerprint density at radius 2 is 2.33 bits per heavy atom. The van der Waals surface area contributed by atoms with Crippen molar-refractivity contribution in [1.29, 1.82) is 0 Å². The zero-order chi connectivity index (χ0) is 8.97. The van der Waals surface area contributed by atoms with Crippen LogP contribution in [0, 0.1) is 3.57 Å². The van der Waals surface area contributed by atoms with Gasteiger partial charge in [-0.1, -0.05) is 6.07 Å². The molecule has 0 atom stereocenters. The third-order valence-electron chi connectivity index (χ3n) is 1.42. The quantitative estimate of drug-likeness (QED) is 0.822. The van der Waals surface area contributed by atoms with E-state index >= 15 is 0 Å². The molecule has 0 aromatic heterocycles. The van der Waals surface area contributed by atoms with Crippen molar-refractivity contribution in [2.45, 2.75) is 6.92 Å². The molecule has 0 unspecified atom stereocenters. The van der Waals surface area contributed by atoms with Gasteiger partial charge in [-0.15, -0.1) is 0 Å². The number of nitrogens with one attached hydrogen (secondary N) is 1. The Kier molecular flexibility index (Phi) is 3.52. The molecule has 0 radical (unpaired) electrons. The maximum absolute atomic E-state index is 11.3. The van der Waals surface area contributed by atoms with Gasteiger partial charge in [-0.2, -0.15) is 0 Å². The smallest absolute Gasteiger partial charge is 0.251 e. The summed E-state index contributed by atoms with van der Waals surface area (Å²) in [6.07, 6.45) is 0. The summed E-state index contributed by atoms with van der Waals surface area (Å²) in [7, 11) is 0. The predicted octanol–water partition coefficient (Wildman–Crippen LogP) is 2.04. The highest BCUT2D eigenvalue weighted by Crippen LogP contribution is 2.07. The minimum Gasteiger partial charge on any atom is -0.352 e. The zero-order valence-electron chi connectivity index (χ0n) is 6.80. The molecule has 0 aliphatic rings. The molecule has 12 heavy (non-hydrogen) atoms. The normalized spacial score (nSPS) is 9.50. The van der Waals surface area contributed by atoms with E-state index < -0.39 is 0 Å². The molecular weight excluding hydrogens is 265 g/mol. The molecule has 0 bridgehead atoms. The van der Waals surface area contributed by atoms with Gasteiger partial charge in [0.15, 0.2) is 0 Å². The van der Waals surface area contributed by atoms with Gasteiger partial charge in [0.25, 0.3) is 5.91 Å². The van der Waals surface area contributed by atoms with Crippen molar-refractivity contribution in [3.05, 3.63) is 33.4 Å². The lowest BCUT2D eigenvalue weighted by atomic mass is 10.2. The van der Waals surface area contributed by atoms with E-state index in [0.717, 1.165) is 9.13 Å². The van der Waals surface area contributed by atoms with E-state index in [1.54, 1.807) is 0 Å². The lowest BCUT2D eigenvalue weighted by molar-refractivity contribution is 0.0956. The van der Waals surface area contributed by atoms with E-state index in [-0.39, 0.29) is 5.91 Å². The second-order valence-electron chi connectivity index (χ2n) is 2.37. The second kappa shape index (κ2) is 4.45. The molecule has 64 valence electrons. The molecule has 3 heteroatoms. The molecule has 1 aromatic rings. The van der Waals surface area contributed by atoms with Gasteiger partial charge in [0, 0.05) is 15.7 Å². The summed E-state index contributed by atoms with van der Waals surface area (Å²) in [6.45, 7) is 2.58. The maximum atomic E-state index is 11.3. The van der Waals surface area contributed by atoms with Crippen LogP contribution in [0.5, 0.6) is 0 Å². The summed E-state index contributed by atoms with van der Waals surface area (Å²) < 4.78 is 1.08. The van der Waals surface area contributed by atoms with Crippen molar-refractivity contribution in [3.8, 4) is 0 Å². The first-order valence-electron chi connectivity index (χ1n) is 3.78. The molecule has 0 spiro atoms. The van der Waals surface area contributed by atoms with Crippen LogP contribution in [0.15, 0.2) is 24.3 Å². The first-order chi connectivity index (χ1) is 5.74. The van der Waals surface area contributed by atoms with Gasteiger partial charge < -0.3 is 5.32 Å². The summed E-state index contributed by atoms with van der Waals surface area (Å²) in [4.78, 5) is 11.3. The molecule has 1 rings (SSSR count). The number of carbonyl (C=O) groups is 1. The third-order valence-corrected chi connectivity index (χ3v) is 2.10. The number of hydrogen-bond acceptors (Lipinski definition) is 1. The molecule has 0 heterocycles.